The number of hydrogen-bond acceptors (Lipinski definition) is 6. The maximum absolute atomic E-state index is 13.0. The summed E-state index contributed by atoms with van der Waals surface area (Å²) in [7, 11) is 1.78. The second-order valence-electron chi connectivity index (χ2n) is 8.31. The van der Waals surface area contributed by atoms with Crippen LogP contribution < -0.4 is 20.0 Å². The fourth-order valence-electron chi connectivity index (χ4n) is 4.48. The van der Waals surface area contributed by atoms with Gasteiger partial charge in [-0.1, -0.05) is 31.0 Å². The molecule has 1 aromatic heterocycles. The molecule has 3 aromatic rings. The van der Waals surface area contributed by atoms with E-state index in [1.54, 1.807) is 23.2 Å². The SMILES string of the molecule is CCN1C(=O)N(C)c2cnc(Nc3ccc(Oc4ccccc4)cc3)nc2N1C1CCCC1. The third-order valence-electron chi connectivity index (χ3n) is 6.16. The summed E-state index contributed by atoms with van der Waals surface area (Å²) in [5.74, 6) is 2.81. The molecule has 0 spiro atoms. The largest absolute Gasteiger partial charge is 0.457 e. The molecule has 5 rings (SSSR count). The molecule has 2 aromatic carbocycles. The summed E-state index contributed by atoms with van der Waals surface area (Å²) in [5, 5.41) is 7.18. The van der Waals surface area contributed by atoms with E-state index < -0.39 is 0 Å². The molecule has 2 amide bonds. The highest BCUT2D eigenvalue weighted by Gasteiger charge is 2.39. The molecule has 1 fully saturated rings. The first-order valence-corrected chi connectivity index (χ1v) is 11.5. The predicted molar refractivity (Wildman–Crippen MR) is 129 cm³/mol. The molecule has 1 N–H and O–H groups in total. The number of carbonyl (C=O) groups excluding carboxylic acids is 1. The summed E-state index contributed by atoms with van der Waals surface area (Å²) < 4.78 is 5.87. The van der Waals surface area contributed by atoms with Gasteiger partial charge in [-0.25, -0.2) is 14.8 Å². The fourth-order valence-corrected chi connectivity index (χ4v) is 4.48. The van der Waals surface area contributed by atoms with Crippen LogP contribution in [0.4, 0.5) is 27.9 Å². The van der Waals surface area contributed by atoms with Gasteiger partial charge in [0.1, 0.15) is 17.2 Å². The van der Waals surface area contributed by atoms with Gasteiger partial charge in [0, 0.05) is 19.3 Å². The number of hydrogen-bond donors (Lipinski definition) is 1. The van der Waals surface area contributed by atoms with E-state index in [2.05, 4.69) is 15.3 Å². The maximum Gasteiger partial charge on any atom is 0.343 e. The van der Waals surface area contributed by atoms with Crippen molar-refractivity contribution in [2.24, 2.45) is 0 Å². The van der Waals surface area contributed by atoms with Crippen LogP contribution in [0.25, 0.3) is 0 Å². The number of fused-ring (bicyclic) bond motifs is 1. The van der Waals surface area contributed by atoms with Crippen LogP contribution in [0.2, 0.25) is 0 Å². The number of hydrazine groups is 1. The van der Waals surface area contributed by atoms with Gasteiger partial charge in [-0.2, -0.15) is 4.98 Å². The number of nitrogens with zero attached hydrogens (tertiary/aromatic N) is 5. The lowest BCUT2D eigenvalue weighted by atomic mass is 10.2. The first-order chi connectivity index (χ1) is 16.1. The molecular formula is C25H28N6O2. The van der Waals surface area contributed by atoms with Crippen molar-refractivity contribution in [3.8, 4) is 11.5 Å². The summed E-state index contributed by atoms with van der Waals surface area (Å²) in [5.41, 5.74) is 1.59. The van der Waals surface area contributed by atoms with E-state index in [0.717, 1.165) is 41.5 Å². The summed E-state index contributed by atoms with van der Waals surface area (Å²) in [4.78, 5) is 23.9. The minimum atomic E-state index is -0.0461. The first-order valence-electron chi connectivity index (χ1n) is 11.5. The minimum absolute atomic E-state index is 0.0461. The quantitative estimate of drug-likeness (QED) is 0.536. The number of anilines is 4. The number of para-hydroxylation sites is 1. The standard InChI is InChI=1S/C25H28N6O2/c1-3-30-25(32)29(2)22-17-26-24(28-23(22)31(30)19-9-7-8-10-19)27-18-13-15-21(16-14-18)33-20-11-5-4-6-12-20/h4-6,11-17,19H,3,7-10H2,1-2H3,(H,26,27,28). The smallest absolute Gasteiger partial charge is 0.343 e. The van der Waals surface area contributed by atoms with Gasteiger partial charge in [-0.05, 0) is 56.2 Å². The van der Waals surface area contributed by atoms with Crippen LogP contribution in [-0.2, 0) is 0 Å². The molecule has 33 heavy (non-hydrogen) atoms. The average Bonchev–Trinajstić information content (AvgIpc) is 3.37. The molecule has 8 nitrogen and oxygen atoms in total. The molecule has 8 heteroatoms. The van der Waals surface area contributed by atoms with Crippen molar-refractivity contribution in [1.82, 2.24) is 15.0 Å². The number of aromatic nitrogens is 2. The number of rotatable bonds is 6. The molecule has 0 saturated heterocycles. The van der Waals surface area contributed by atoms with Gasteiger partial charge in [0.2, 0.25) is 5.95 Å². The number of amides is 2. The number of urea groups is 1. The van der Waals surface area contributed by atoms with Crippen molar-refractivity contribution in [3.05, 3.63) is 60.8 Å². The first kappa shape index (κ1) is 21.1. The van der Waals surface area contributed by atoms with E-state index in [4.69, 9.17) is 9.72 Å². The summed E-state index contributed by atoms with van der Waals surface area (Å²) in [6.45, 7) is 2.59. The zero-order valence-corrected chi connectivity index (χ0v) is 18.9. The van der Waals surface area contributed by atoms with Gasteiger partial charge >= 0.3 is 6.03 Å². The van der Waals surface area contributed by atoms with Crippen molar-refractivity contribution >= 4 is 29.2 Å². The Hall–Kier alpha value is -3.81. The summed E-state index contributed by atoms with van der Waals surface area (Å²) in [6, 6.07) is 17.6. The zero-order chi connectivity index (χ0) is 22.8. The second kappa shape index (κ2) is 8.97. The predicted octanol–water partition coefficient (Wildman–Crippen LogP) is 5.57. The summed E-state index contributed by atoms with van der Waals surface area (Å²) >= 11 is 0. The third kappa shape index (κ3) is 4.16. The van der Waals surface area contributed by atoms with Gasteiger partial charge in [0.15, 0.2) is 5.82 Å². The lowest BCUT2D eigenvalue weighted by molar-refractivity contribution is 0.191. The van der Waals surface area contributed by atoms with Crippen LogP contribution in [-0.4, -0.2) is 40.6 Å². The lowest BCUT2D eigenvalue weighted by Gasteiger charge is -2.45. The Morgan fingerprint density at radius 3 is 2.42 bits per heavy atom. The molecule has 1 saturated carbocycles. The Morgan fingerprint density at radius 1 is 1.03 bits per heavy atom. The molecule has 1 aliphatic carbocycles. The molecule has 0 radical (unpaired) electrons. The minimum Gasteiger partial charge on any atom is -0.457 e. The highest BCUT2D eigenvalue weighted by molar-refractivity contribution is 5.98. The van der Waals surface area contributed by atoms with Gasteiger partial charge in [0.05, 0.1) is 12.2 Å². The second-order valence-corrected chi connectivity index (χ2v) is 8.31. The van der Waals surface area contributed by atoms with Crippen molar-refractivity contribution in [2.75, 3.05) is 28.8 Å². The van der Waals surface area contributed by atoms with Gasteiger partial charge in [-0.15, -0.1) is 0 Å². The van der Waals surface area contributed by atoms with E-state index in [0.29, 0.717) is 12.5 Å². The van der Waals surface area contributed by atoms with Crippen molar-refractivity contribution in [2.45, 2.75) is 38.6 Å². The van der Waals surface area contributed by atoms with E-state index in [9.17, 15) is 4.79 Å². The van der Waals surface area contributed by atoms with Crippen molar-refractivity contribution in [3.63, 3.8) is 0 Å². The van der Waals surface area contributed by atoms with Crippen LogP contribution in [0.5, 0.6) is 11.5 Å². The Morgan fingerprint density at radius 2 is 1.73 bits per heavy atom. The van der Waals surface area contributed by atoms with E-state index in [1.165, 1.54) is 12.8 Å². The molecule has 1 aliphatic heterocycles. The fraction of sp³-hybridized carbons (Fsp3) is 0.320. The van der Waals surface area contributed by atoms with E-state index in [-0.39, 0.29) is 12.1 Å². The Bertz CT molecular complexity index is 1120. The molecule has 2 aliphatic rings. The van der Waals surface area contributed by atoms with Gasteiger partial charge in [-0.3, -0.25) is 9.91 Å². The Kier molecular flexibility index (Phi) is 5.73. The topological polar surface area (TPSA) is 73.8 Å². The van der Waals surface area contributed by atoms with Crippen molar-refractivity contribution in [1.29, 1.82) is 0 Å². The number of carbonyl (C=O) groups is 1. The number of benzene rings is 2. The maximum atomic E-state index is 13.0. The molecule has 0 unspecified atom stereocenters. The molecule has 170 valence electrons. The Labute approximate surface area is 193 Å². The summed E-state index contributed by atoms with van der Waals surface area (Å²) in [6.07, 6.45) is 6.19. The zero-order valence-electron chi connectivity index (χ0n) is 18.9. The van der Waals surface area contributed by atoms with Gasteiger partial charge in [0.25, 0.3) is 0 Å². The number of nitrogens with one attached hydrogen (secondary N) is 1. The normalized spacial score (nSPS) is 16.2. The van der Waals surface area contributed by atoms with E-state index >= 15 is 0 Å². The van der Waals surface area contributed by atoms with Crippen LogP contribution in [0.3, 0.4) is 0 Å². The van der Waals surface area contributed by atoms with Crippen LogP contribution in [0.1, 0.15) is 32.6 Å². The Balaban J connectivity index is 1.39. The van der Waals surface area contributed by atoms with Crippen LogP contribution in [0.15, 0.2) is 60.8 Å². The van der Waals surface area contributed by atoms with Crippen molar-refractivity contribution < 1.29 is 9.53 Å². The van der Waals surface area contributed by atoms with Crippen LogP contribution in [0, 0.1) is 0 Å². The average molecular weight is 445 g/mol. The highest BCUT2D eigenvalue weighted by atomic mass is 16.5. The molecular weight excluding hydrogens is 416 g/mol. The number of ether oxygens (including phenoxy) is 1. The highest BCUT2D eigenvalue weighted by Crippen LogP contribution is 2.39. The molecule has 2 heterocycles. The van der Waals surface area contributed by atoms with Crippen LogP contribution >= 0.6 is 0 Å². The monoisotopic (exact) mass is 444 g/mol. The molecule has 0 bridgehead atoms. The van der Waals surface area contributed by atoms with E-state index in [1.807, 2.05) is 61.5 Å². The van der Waals surface area contributed by atoms with Gasteiger partial charge < -0.3 is 10.1 Å². The lowest BCUT2D eigenvalue weighted by Crippen LogP contribution is -2.59. The molecule has 0 atom stereocenters. The third-order valence-corrected chi connectivity index (χ3v) is 6.16.